The van der Waals surface area contributed by atoms with Crippen LogP contribution in [0, 0.1) is 6.92 Å². The Morgan fingerprint density at radius 2 is 2.31 bits per heavy atom. The number of hydrogen-bond acceptors (Lipinski definition) is 4. The summed E-state index contributed by atoms with van der Waals surface area (Å²) >= 11 is 3.40. The minimum Gasteiger partial charge on any atom is -0.330 e. The van der Waals surface area contributed by atoms with Gasteiger partial charge in [-0.25, -0.2) is 4.98 Å². The molecule has 1 aromatic carbocycles. The summed E-state index contributed by atoms with van der Waals surface area (Å²) in [6.07, 6.45) is 2.79. The summed E-state index contributed by atoms with van der Waals surface area (Å²) in [5.41, 5.74) is 8.15. The molecule has 4 heteroatoms. The maximum Gasteiger partial charge on any atom is 0.154 e. The summed E-state index contributed by atoms with van der Waals surface area (Å²) in [5, 5.41) is 2.00. The van der Waals surface area contributed by atoms with Gasteiger partial charge in [0, 0.05) is 16.5 Å². The van der Waals surface area contributed by atoms with E-state index in [1.54, 1.807) is 23.1 Å². The van der Waals surface area contributed by atoms with Crippen molar-refractivity contribution in [1.29, 1.82) is 0 Å². The van der Waals surface area contributed by atoms with Crippen molar-refractivity contribution in [1.82, 2.24) is 4.98 Å². The molecule has 1 aromatic heterocycles. The number of thiazole rings is 1. The van der Waals surface area contributed by atoms with Gasteiger partial charge in [-0.3, -0.25) is 0 Å². The Morgan fingerprint density at radius 3 is 2.94 bits per heavy atom. The molecule has 1 heterocycles. The predicted molar refractivity (Wildman–Crippen MR) is 70.2 cm³/mol. The van der Waals surface area contributed by atoms with E-state index in [1.807, 2.05) is 11.6 Å². The largest absolute Gasteiger partial charge is 0.330 e. The quantitative estimate of drug-likeness (QED) is 0.906. The van der Waals surface area contributed by atoms with E-state index in [0.717, 1.165) is 10.8 Å². The van der Waals surface area contributed by atoms with Crippen LogP contribution in [-0.4, -0.2) is 11.5 Å². The van der Waals surface area contributed by atoms with E-state index < -0.39 is 0 Å². The van der Waals surface area contributed by atoms with Crippen molar-refractivity contribution >= 4 is 23.1 Å². The molecule has 16 heavy (non-hydrogen) atoms. The molecular formula is C12H14N2S2. The maximum atomic E-state index is 5.54. The highest BCUT2D eigenvalue weighted by Gasteiger charge is 2.04. The van der Waals surface area contributed by atoms with E-state index in [1.165, 1.54) is 16.0 Å². The summed E-state index contributed by atoms with van der Waals surface area (Å²) in [6.45, 7) is 2.84. The Balaban J connectivity index is 2.16. The highest BCUT2D eigenvalue weighted by Crippen LogP contribution is 2.31. The first-order chi connectivity index (χ1) is 7.79. The number of benzene rings is 1. The minimum atomic E-state index is 0.707. The smallest absolute Gasteiger partial charge is 0.154 e. The van der Waals surface area contributed by atoms with Crippen molar-refractivity contribution in [2.24, 2.45) is 5.73 Å². The lowest BCUT2D eigenvalue weighted by Crippen LogP contribution is -2.02. The van der Waals surface area contributed by atoms with Gasteiger partial charge in [-0.05, 0) is 37.1 Å². The first-order valence-electron chi connectivity index (χ1n) is 5.16. The monoisotopic (exact) mass is 250 g/mol. The lowest BCUT2D eigenvalue weighted by Gasteiger charge is -2.06. The second kappa shape index (κ2) is 5.48. The second-order valence-corrected chi connectivity index (χ2v) is 5.72. The molecule has 2 N–H and O–H groups in total. The van der Waals surface area contributed by atoms with E-state index in [9.17, 15) is 0 Å². The van der Waals surface area contributed by atoms with Gasteiger partial charge in [-0.2, -0.15) is 0 Å². The summed E-state index contributed by atoms with van der Waals surface area (Å²) in [4.78, 5) is 5.55. The van der Waals surface area contributed by atoms with Crippen molar-refractivity contribution in [2.75, 3.05) is 6.54 Å². The molecule has 2 aromatic rings. The van der Waals surface area contributed by atoms with Crippen LogP contribution < -0.4 is 5.73 Å². The van der Waals surface area contributed by atoms with E-state index in [-0.39, 0.29) is 0 Å². The van der Waals surface area contributed by atoms with E-state index in [4.69, 9.17) is 5.73 Å². The van der Waals surface area contributed by atoms with Crippen molar-refractivity contribution in [3.8, 4) is 0 Å². The van der Waals surface area contributed by atoms with Gasteiger partial charge in [0.1, 0.15) is 0 Å². The molecule has 0 fully saturated rings. The number of nitrogens with two attached hydrogens (primary N) is 1. The second-order valence-electron chi connectivity index (χ2n) is 3.54. The van der Waals surface area contributed by atoms with Crippen LogP contribution in [0.25, 0.3) is 0 Å². The zero-order chi connectivity index (χ0) is 11.4. The van der Waals surface area contributed by atoms with Crippen LogP contribution in [-0.2, 0) is 6.42 Å². The molecule has 0 radical (unpaired) electrons. The van der Waals surface area contributed by atoms with Crippen molar-refractivity contribution < 1.29 is 0 Å². The number of hydrogen-bond donors (Lipinski definition) is 1. The topological polar surface area (TPSA) is 38.9 Å². The molecular weight excluding hydrogens is 236 g/mol. The maximum absolute atomic E-state index is 5.54. The van der Waals surface area contributed by atoms with Crippen LogP contribution in [0.5, 0.6) is 0 Å². The van der Waals surface area contributed by atoms with Gasteiger partial charge in [0.15, 0.2) is 4.34 Å². The highest BCUT2D eigenvalue weighted by molar-refractivity contribution is 8.01. The fourth-order valence-electron chi connectivity index (χ4n) is 1.50. The molecule has 84 valence electrons. The van der Waals surface area contributed by atoms with Gasteiger partial charge in [-0.1, -0.05) is 23.9 Å². The molecule has 2 rings (SSSR count). The molecule has 0 saturated carbocycles. The first-order valence-corrected chi connectivity index (χ1v) is 6.86. The molecule has 0 saturated heterocycles. The summed E-state index contributed by atoms with van der Waals surface area (Å²) in [7, 11) is 0. The number of nitrogens with zero attached hydrogens (tertiary/aromatic N) is 1. The zero-order valence-electron chi connectivity index (χ0n) is 9.14. The Morgan fingerprint density at radius 1 is 1.44 bits per heavy atom. The van der Waals surface area contributed by atoms with Crippen LogP contribution in [0.2, 0.25) is 0 Å². The third-order valence-corrected chi connectivity index (χ3v) is 4.34. The molecule has 0 bridgehead atoms. The predicted octanol–water partition coefficient (Wildman–Crippen LogP) is 3.10. The Bertz CT molecular complexity index is 452. The van der Waals surface area contributed by atoms with Gasteiger partial charge in [0.2, 0.25) is 0 Å². The van der Waals surface area contributed by atoms with Crippen LogP contribution in [0.4, 0.5) is 0 Å². The standard InChI is InChI=1S/C12H14N2S2/c1-9-8-10(4-5-13)2-3-11(9)16-12-14-6-7-15-12/h2-3,6-8H,4-5,13H2,1H3. The van der Waals surface area contributed by atoms with Crippen molar-refractivity contribution in [3.05, 3.63) is 40.9 Å². The van der Waals surface area contributed by atoms with Gasteiger partial charge in [0.25, 0.3) is 0 Å². The van der Waals surface area contributed by atoms with Gasteiger partial charge < -0.3 is 5.73 Å². The van der Waals surface area contributed by atoms with E-state index in [0.29, 0.717) is 6.54 Å². The fourth-order valence-corrected chi connectivity index (χ4v) is 3.15. The Kier molecular flexibility index (Phi) is 3.98. The molecule has 0 unspecified atom stereocenters. The third-order valence-electron chi connectivity index (χ3n) is 2.28. The summed E-state index contributed by atoms with van der Waals surface area (Å²) < 4.78 is 1.09. The SMILES string of the molecule is Cc1cc(CCN)ccc1Sc1nccs1. The van der Waals surface area contributed by atoms with Crippen LogP contribution in [0.3, 0.4) is 0 Å². The van der Waals surface area contributed by atoms with Crippen molar-refractivity contribution in [3.63, 3.8) is 0 Å². The number of aromatic nitrogens is 1. The van der Waals surface area contributed by atoms with Gasteiger partial charge in [-0.15, -0.1) is 11.3 Å². The Labute approximate surface area is 104 Å². The highest BCUT2D eigenvalue weighted by atomic mass is 32.2. The van der Waals surface area contributed by atoms with Crippen LogP contribution >= 0.6 is 23.1 Å². The lowest BCUT2D eigenvalue weighted by molar-refractivity contribution is 0.963. The van der Waals surface area contributed by atoms with Crippen molar-refractivity contribution in [2.45, 2.75) is 22.6 Å². The first kappa shape index (κ1) is 11.6. The molecule has 0 amide bonds. The normalized spacial score (nSPS) is 10.6. The Hall–Kier alpha value is -0.840. The minimum absolute atomic E-state index is 0.707. The van der Waals surface area contributed by atoms with E-state index >= 15 is 0 Å². The van der Waals surface area contributed by atoms with Crippen LogP contribution in [0.1, 0.15) is 11.1 Å². The molecule has 0 aliphatic heterocycles. The molecule has 2 nitrogen and oxygen atoms in total. The number of aryl methyl sites for hydroxylation is 1. The average molecular weight is 250 g/mol. The fraction of sp³-hybridized carbons (Fsp3) is 0.250. The van der Waals surface area contributed by atoms with Gasteiger partial charge in [0.05, 0.1) is 0 Å². The molecule has 0 aliphatic carbocycles. The lowest BCUT2D eigenvalue weighted by atomic mass is 10.1. The number of rotatable bonds is 4. The molecule has 0 atom stereocenters. The van der Waals surface area contributed by atoms with Crippen LogP contribution in [0.15, 0.2) is 39.0 Å². The average Bonchev–Trinajstić information content (AvgIpc) is 2.75. The third kappa shape index (κ3) is 2.84. The van der Waals surface area contributed by atoms with E-state index in [2.05, 4.69) is 30.1 Å². The summed E-state index contributed by atoms with van der Waals surface area (Å²) in [5.74, 6) is 0. The molecule has 0 spiro atoms. The summed E-state index contributed by atoms with van der Waals surface area (Å²) in [6, 6.07) is 6.52. The molecule has 0 aliphatic rings. The van der Waals surface area contributed by atoms with Gasteiger partial charge >= 0.3 is 0 Å². The zero-order valence-corrected chi connectivity index (χ0v) is 10.8.